The number of aliphatic imine (C=N–C) groups is 1. The molecule has 22 heavy (non-hydrogen) atoms. The number of amides is 1. The highest BCUT2D eigenvalue weighted by Gasteiger charge is 2.33. The van der Waals surface area contributed by atoms with E-state index in [2.05, 4.69) is 15.3 Å². The first-order valence-electron chi connectivity index (χ1n) is 7.00. The highest BCUT2D eigenvalue weighted by atomic mass is 35.5. The molecule has 1 saturated carbocycles. The van der Waals surface area contributed by atoms with Crippen LogP contribution >= 0.6 is 24.2 Å². The number of hydrogen-bond acceptors (Lipinski definition) is 5. The summed E-state index contributed by atoms with van der Waals surface area (Å²) in [7, 11) is 0. The predicted octanol–water partition coefficient (Wildman–Crippen LogP) is 1.97. The lowest BCUT2D eigenvalue weighted by molar-refractivity contribution is 0.0913. The molecule has 3 atom stereocenters. The van der Waals surface area contributed by atoms with E-state index in [1.54, 1.807) is 11.8 Å². The van der Waals surface area contributed by atoms with Crippen LogP contribution in [0.25, 0.3) is 0 Å². The van der Waals surface area contributed by atoms with Gasteiger partial charge in [-0.15, -0.1) is 12.4 Å². The largest absolute Gasteiger partial charge is 0.379 e. The fourth-order valence-corrected chi connectivity index (χ4v) is 3.84. The fourth-order valence-electron chi connectivity index (χ4n) is 2.89. The summed E-state index contributed by atoms with van der Waals surface area (Å²) in [6, 6.07) is 3.07. The molecule has 1 aromatic heterocycles. The highest BCUT2D eigenvalue weighted by molar-refractivity contribution is 8.13. The quantitative estimate of drug-likeness (QED) is 0.859. The van der Waals surface area contributed by atoms with E-state index in [0.717, 1.165) is 31.2 Å². The Bertz CT molecular complexity index is 568. The van der Waals surface area contributed by atoms with Crippen LogP contribution in [0.2, 0.25) is 0 Å². The summed E-state index contributed by atoms with van der Waals surface area (Å²) >= 11 is 1.58. The number of hydrogen-bond donors (Lipinski definition) is 2. The van der Waals surface area contributed by atoms with Crippen LogP contribution in [-0.4, -0.2) is 33.9 Å². The van der Waals surface area contributed by atoms with Crippen LogP contribution in [0.1, 0.15) is 29.8 Å². The summed E-state index contributed by atoms with van der Waals surface area (Å²) in [5.74, 6) is 0.732. The van der Waals surface area contributed by atoms with Crippen LogP contribution in [0.15, 0.2) is 23.3 Å². The van der Waals surface area contributed by atoms with Gasteiger partial charge in [0, 0.05) is 11.8 Å². The first-order chi connectivity index (χ1) is 10.1. The maximum absolute atomic E-state index is 12.8. The Morgan fingerprint density at radius 3 is 2.95 bits per heavy atom. The molecule has 0 spiro atoms. The molecule has 0 bridgehead atoms. The van der Waals surface area contributed by atoms with Crippen molar-refractivity contribution in [3.8, 4) is 0 Å². The van der Waals surface area contributed by atoms with E-state index in [1.807, 2.05) is 0 Å². The third kappa shape index (κ3) is 3.89. The Morgan fingerprint density at radius 2 is 2.23 bits per heavy atom. The highest BCUT2D eigenvalue weighted by Crippen LogP contribution is 2.33. The third-order valence-corrected chi connectivity index (χ3v) is 4.97. The van der Waals surface area contributed by atoms with Gasteiger partial charge >= 0.3 is 0 Å². The van der Waals surface area contributed by atoms with Gasteiger partial charge in [0.1, 0.15) is 11.5 Å². The van der Waals surface area contributed by atoms with Gasteiger partial charge in [0.05, 0.1) is 12.2 Å². The van der Waals surface area contributed by atoms with Gasteiger partial charge in [-0.25, -0.2) is 9.37 Å². The first-order valence-corrected chi connectivity index (χ1v) is 7.99. The molecule has 1 amide bonds. The molecule has 1 aliphatic carbocycles. The van der Waals surface area contributed by atoms with Gasteiger partial charge in [-0.1, -0.05) is 11.8 Å². The molecule has 3 rings (SSSR count). The molecule has 3 N–H and O–H groups in total. The van der Waals surface area contributed by atoms with Crippen LogP contribution in [0.3, 0.4) is 0 Å². The second-order valence-corrected chi connectivity index (χ2v) is 6.49. The molecular formula is C14H18ClFN4OS. The van der Waals surface area contributed by atoms with Crippen molar-refractivity contribution in [2.24, 2.45) is 16.6 Å². The zero-order valence-corrected chi connectivity index (χ0v) is 13.5. The Kier molecular flexibility index (Phi) is 5.63. The van der Waals surface area contributed by atoms with E-state index < -0.39 is 5.82 Å². The number of carbonyl (C=O) groups is 1. The monoisotopic (exact) mass is 344 g/mol. The van der Waals surface area contributed by atoms with Gasteiger partial charge in [-0.3, -0.25) is 9.79 Å². The van der Waals surface area contributed by atoms with Crippen LogP contribution in [0, 0.1) is 11.7 Å². The van der Waals surface area contributed by atoms with Gasteiger partial charge in [0.15, 0.2) is 5.17 Å². The number of nitrogens with zero attached hydrogens (tertiary/aromatic N) is 2. The normalized spacial score (nSPS) is 27.1. The lowest BCUT2D eigenvalue weighted by atomic mass is 9.82. The number of nitrogens with two attached hydrogens (primary N) is 1. The molecule has 5 nitrogen and oxygen atoms in total. The molecule has 1 aromatic rings. The zero-order chi connectivity index (χ0) is 14.8. The molecule has 120 valence electrons. The number of fused-ring (bicyclic) bond motifs is 1. The zero-order valence-electron chi connectivity index (χ0n) is 11.9. The molecule has 0 aromatic carbocycles. The number of rotatable bonds is 2. The second-order valence-electron chi connectivity index (χ2n) is 5.45. The van der Waals surface area contributed by atoms with E-state index >= 15 is 0 Å². The van der Waals surface area contributed by atoms with Crippen molar-refractivity contribution in [2.45, 2.75) is 31.3 Å². The van der Waals surface area contributed by atoms with Crippen molar-refractivity contribution in [1.29, 1.82) is 0 Å². The molecule has 1 aliphatic heterocycles. The minimum atomic E-state index is -0.443. The van der Waals surface area contributed by atoms with E-state index in [9.17, 15) is 9.18 Å². The Hall–Kier alpha value is -1.34. The number of nitrogens with one attached hydrogen (secondary N) is 1. The number of thioether (sulfide) groups is 1. The van der Waals surface area contributed by atoms with Gasteiger partial charge in [-0.2, -0.15) is 0 Å². The number of amidine groups is 1. The van der Waals surface area contributed by atoms with Crippen LogP contribution < -0.4 is 11.1 Å². The summed E-state index contributed by atoms with van der Waals surface area (Å²) in [6.45, 7) is 0. The van der Waals surface area contributed by atoms with Crippen molar-refractivity contribution in [1.82, 2.24) is 10.3 Å². The Morgan fingerprint density at radius 1 is 1.41 bits per heavy atom. The minimum absolute atomic E-state index is 0. The number of carbonyl (C=O) groups excluding carboxylic acids is 1. The SMILES string of the molecule is Cl.NC1=NC2CCC(NC(=O)c3ccc(F)cn3)CC2CS1. The molecule has 2 heterocycles. The first kappa shape index (κ1) is 17.0. The van der Waals surface area contributed by atoms with Crippen molar-refractivity contribution in [3.05, 3.63) is 29.8 Å². The van der Waals surface area contributed by atoms with Gasteiger partial charge in [-0.05, 0) is 37.3 Å². The van der Waals surface area contributed by atoms with Crippen molar-refractivity contribution in [3.63, 3.8) is 0 Å². The van der Waals surface area contributed by atoms with Crippen molar-refractivity contribution >= 4 is 35.2 Å². The number of pyridine rings is 1. The third-order valence-electron chi connectivity index (χ3n) is 3.98. The van der Waals surface area contributed by atoms with E-state index in [-0.39, 0.29) is 30.0 Å². The van der Waals surface area contributed by atoms with E-state index in [4.69, 9.17) is 5.73 Å². The molecule has 8 heteroatoms. The summed E-state index contributed by atoms with van der Waals surface area (Å²) in [5.41, 5.74) is 6.00. The topological polar surface area (TPSA) is 80.4 Å². The smallest absolute Gasteiger partial charge is 0.270 e. The second kappa shape index (κ2) is 7.28. The van der Waals surface area contributed by atoms with E-state index in [1.165, 1.54) is 12.1 Å². The average Bonchev–Trinajstić information content (AvgIpc) is 2.48. The standard InChI is InChI=1S/C14H17FN4OS.ClH/c15-9-1-3-12(17-6-9)13(20)18-10-2-4-11-8(5-10)7-21-14(16)19-11;/h1,3,6,8,10-11H,2,4-5,7H2,(H2,16,19)(H,18,20);1H. The lowest BCUT2D eigenvalue weighted by Gasteiger charge is -2.36. The van der Waals surface area contributed by atoms with Crippen molar-refractivity contribution in [2.75, 3.05) is 5.75 Å². The lowest BCUT2D eigenvalue weighted by Crippen LogP contribution is -2.44. The van der Waals surface area contributed by atoms with Crippen LogP contribution in [0.5, 0.6) is 0 Å². The van der Waals surface area contributed by atoms with Crippen LogP contribution in [0.4, 0.5) is 4.39 Å². The molecular weight excluding hydrogens is 327 g/mol. The summed E-state index contributed by atoms with van der Waals surface area (Å²) < 4.78 is 12.8. The molecule has 0 radical (unpaired) electrons. The van der Waals surface area contributed by atoms with Crippen LogP contribution in [-0.2, 0) is 0 Å². The molecule has 1 fully saturated rings. The molecule has 2 aliphatic rings. The maximum atomic E-state index is 12.8. The molecule has 0 saturated heterocycles. The molecule has 3 unspecified atom stereocenters. The van der Waals surface area contributed by atoms with Gasteiger partial charge < -0.3 is 11.1 Å². The predicted molar refractivity (Wildman–Crippen MR) is 87.9 cm³/mol. The van der Waals surface area contributed by atoms with Gasteiger partial charge in [0.25, 0.3) is 5.91 Å². The number of halogens is 2. The van der Waals surface area contributed by atoms with E-state index in [0.29, 0.717) is 17.1 Å². The summed E-state index contributed by atoms with van der Waals surface area (Å²) in [5, 5.41) is 3.66. The maximum Gasteiger partial charge on any atom is 0.270 e. The average molecular weight is 345 g/mol. The fraction of sp³-hybridized carbons (Fsp3) is 0.500. The Labute approximate surface area is 138 Å². The van der Waals surface area contributed by atoms with Gasteiger partial charge in [0.2, 0.25) is 0 Å². The summed E-state index contributed by atoms with van der Waals surface area (Å²) in [4.78, 5) is 20.4. The summed E-state index contributed by atoms with van der Waals surface area (Å²) in [6.07, 6.45) is 3.78. The minimum Gasteiger partial charge on any atom is -0.379 e. The number of aromatic nitrogens is 1. The Balaban J connectivity index is 0.00000176. The van der Waals surface area contributed by atoms with Crippen molar-refractivity contribution < 1.29 is 9.18 Å².